The van der Waals surface area contributed by atoms with Crippen molar-refractivity contribution in [1.82, 2.24) is 4.90 Å². The first kappa shape index (κ1) is 13.4. The maximum Gasteiger partial charge on any atom is 0.221 e. The van der Waals surface area contributed by atoms with Gasteiger partial charge in [-0.3, -0.25) is 9.69 Å². The van der Waals surface area contributed by atoms with Gasteiger partial charge in [0, 0.05) is 24.5 Å². The minimum Gasteiger partial charge on any atom is -0.369 e. The lowest BCUT2D eigenvalue weighted by Crippen LogP contribution is -2.51. The van der Waals surface area contributed by atoms with Crippen molar-refractivity contribution in [3.05, 3.63) is 0 Å². The van der Waals surface area contributed by atoms with Crippen molar-refractivity contribution >= 4 is 5.91 Å². The third-order valence-corrected chi connectivity index (χ3v) is 3.16. The van der Waals surface area contributed by atoms with E-state index < -0.39 is 0 Å². The van der Waals surface area contributed by atoms with Crippen molar-refractivity contribution in [3.8, 4) is 0 Å². The molecule has 2 atom stereocenters. The van der Waals surface area contributed by atoms with E-state index in [1.54, 1.807) is 0 Å². The van der Waals surface area contributed by atoms with Gasteiger partial charge >= 0.3 is 0 Å². The number of hydrogen-bond acceptors (Lipinski definition) is 3. The van der Waals surface area contributed by atoms with Gasteiger partial charge in [-0.05, 0) is 20.4 Å². The highest BCUT2D eigenvalue weighted by Crippen LogP contribution is 2.17. The summed E-state index contributed by atoms with van der Waals surface area (Å²) in [6, 6.07) is 0. The van der Waals surface area contributed by atoms with Crippen LogP contribution in [0, 0.1) is 5.92 Å². The molecular weight excluding hydrogens is 178 g/mol. The standard InChI is InChI=1S/C10H23N3O/c1-5-10(3,7-11)13(4)6-8(2)9(12)14/h8H,5-7,11H2,1-4H3,(H2,12,14). The van der Waals surface area contributed by atoms with E-state index in [0.717, 1.165) is 6.42 Å². The van der Waals surface area contributed by atoms with Crippen molar-refractivity contribution in [2.24, 2.45) is 17.4 Å². The number of hydrogen-bond donors (Lipinski definition) is 2. The highest BCUT2D eigenvalue weighted by Gasteiger charge is 2.27. The van der Waals surface area contributed by atoms with Crippen LogP contribution in [0.3, 0.4) is 0 Å². The highest BCUT2D eigenvalue weighted by atomic mass is 16.1. The molecule has 14 heavy (non-hydrogen) atoms. The number of carbonyl (C=O) groups is 1. The average Bonchev–Trinajstić information content (AvgIpc) is 2.16. The first-order chi connectivity index (χ1) is 6.37. The van der Waals surface area contributed by atoms with Crippen LogP contribution >= 0.6 is 0 Å². The van der Waals surface area contributed by atoms with Gasteiger partial charge in [0.25, 0.3) is 0 Å². The van der Waals surface area contributed by atoms with E-state index in [0.29, 0.717) is 13.1 Å². The lowest BCUT2D eigenvalue weighted by Gasteiger charge is -2.38. The molecule has 0 aromatic rings. The number of rotatable bonds is 6. The number of likely N-dealkylation sites (N-methyl/N-ethyl adjacent to an activating group) is 1. The van der Waals surface area contributed by atoms with E-state index >= 15 is 0 Å². The van der Waals surface area contributed by atoms with Crippen LogP contribution in [0.25, 0.3) is 0 Å². The smallest absolute Gasteiger partial charge is 0.221 e. The molecule has 0 aromatic carbocycles. The van der Waals surface area contributed by atoms with Gasteiger partial charge < -0.3 is 11.5 Å². The maximum absolute atomic E-state index is 10.9. The van der Waals surface area contributed by atoms with Crippen LogP contribution in [-0.2, 0) is 4.79 Å². The molecule has 0 bridgehead atoms. The summed E-state index contributed by atoms with van der Waals surface area (Å²) in [6.07, 6.45) is 0.964. The minimum atomic E-state index is -0.257. The average molecular weight is 201 g/mol. The molecule has 0 fully saturated rings. The molecule has 84 valence electrons. The normalized spacial score (nSPS) is 17.9. The molecule has 4 N–H and O–H groups in total. The summed E-state index contributed by atoms with van der Waals surface area (Å²) in [5.74, 6) is -0.384. The highest BCUT2D eigenvalue weighted by molar-refractivity contribution is 5.76. The molecule has 0 saturated carbocycles. The summed E-state index contributed by atoms with van der Waals surface area (Å²) < 4.78 is 0. The predicted octanol–water partition coefficient (Wildman–Crippen LogP) is 0.167. The number of carbonyl (C=O) groups excluding carboxylic acids is 1. The largest absolute Gasteiger partial charge is 0.369 e. The van der Waals surface area contributed by atoms with Crippen LogP contribution < -0.4 is 11.5 Å². The van der Waals surface area contributed by atoms with Crippen LogP contribution in [0.1, 0.15) is 27.2 Å². The van der Waals surface area contributed by atoms with Gasteiger partial charge in [0.15, 0.2) is 0 Å². The molecule has 0 radical (unpaired) electrons. The zero-order valence-electron chi connectivity index (χ0n) is 9.71. The van der Waals surface area contributed by atoms with Crippen LogP contribution in [0.4, 0.5) is 0 Å². The predicted molar refractivity (Wildman–Crippen MR) is 58.7 cm³/mol. The molecule has 0 heterocycles. The molecule has 1 amide bonds. The molecule has 2 unspecified atom stereocenters. The Labute approximate surface area is 86.6 Å². The summed E-state index contributed by atoms with van der Waals surface area (Å²) in [6.45, 7) is 7.28. The van der Waals surface area contributed by atoms with Crippen LogP contribution in [0.15, 0.2) is 0 Å². The van der Waals surface area contributed by atoms with Gasteiger partial charge in [0.2, 0.25) is 5.91 Å². The van der Waals surface area contributed by atoms with Gasteiger partial charge in [-0.1, -0.05) is 13.8 Å². The first-order valence-electron chi connectivity index (χ1n) is 5.08. The third-order valence-electron chi connectivity index (χ3n) is 3.16. The Kier molecular flexibility index (Phi) is 5.08. The molecule has 0 spiro atoms. The fourth-order valence-electron chi connectivity index (χ4n) is 1.29. The van der Waals surface area contributed by atoms with E-state index in [4.69, 9.17) is 11.5 Å². The summed E-state index contributed by atoms with van der Waals surface area (Å²) in [7, 11) is 1.98. The number of nitrogens with zero attached hydrogens (tertiary/aromatic N) is 1. The topological polar surface area (TPSA) is 72.3 Å². The SMILES string of the molecule is CCC(C)(CN)N(C)CC(C)C(N)=O. The van der Waals surface area contributed by atoms with Gasteiger partial charge in [0.05, 0.1) is 0 Å². The third kappa shape index (κ3) is 3.27. The molecule has 4 heteroatoms. The fourth-order valence-corrected chi connectivity index (χ4v) is 1.29. The Morgan fingerprint density at radius 3 is 2.36 bits per heavy atom. The molecule has 0 aliphatic rings. The molecular formula is C10H23N3O. The molecule has 0 aromatic heterocycles. The Balaban J connectivity index is 4.31. The van der Waals surface area contributed by atoms with E-state index in [2.05, 4.69) is 18.7 Å². The maximum atomic E-state index is 10.9. The Hall–Kier alpha value is -0.610. The summed E-state index contributed by atoms with van der Waals surface area (Å²) >= 11 is 0. The fraction of sp³-hybridized carbons (Fsp3) is 0.900. The molecule has 0 saturated heterocycles. The summed E-state index contributed by atoms with van der Waals surface area (Å²) in [5, 5.41) is 0. The second-order valence-corrected chi connectivity index (χ2v) is 4.24. The van der Waals surface area contributed by atoms with Crippen molar-refractivity contribution in [2.75, 3.05) is 20.1 Å². The Morgan fingerprint density at radius 2 is 2.07 bits per heavy atom. The van der Waals surface area contributed by atoms with E-state index in [1.807, 2.05) is 14.0 Å². The van der Waals surface area contributed by atoms with E-state index in [9.17, 15) is 4.79 Å². The lowest BCUT2D eigenvalue weighted by molar-refractivity contribution is -0.122. The van der Waals surface area contributed by atoms with Crippen molar-refractivity contribution in [2.45, 2.75) is 32.7 Å². The van der Waals surface area contributed by atoms with E-state index in [1.165, 1.54) is 0 Å². The quantitative estimate of drug-likeness (QED) is 0.643. The Bertz CT molecular complexity index is 190. The van der Waals surface area contributed by atoms with Crippen molar-refractivity contribution < 1.29 is 4.79 Å². The van der Waals surface area contributed by atoms with Crippen LogP contribution in [0.5, 0.6) is 0 Å². The van der Waals surface area contributed by atoms with Crippen LogP contribution in [0.2, 0.25) is 0 Å². The zero-order chi connectivity index (χ0) is 11.4. The molecule has 4 nitrogen and oxygen atoms in total. The summed E-state index contributed by atoms with van der Waals surface area (Å²) in [4.78, 5) is 13.0. The zero-order valence-corrected chi connectivity index (χ0v) is 9.71. The molecule has 0 aliphatic heterocycles. The molecule has 0 rings (SSSR count). The van der Waals surface area contributed by atoms with Crippen molar-refractivity contribution in [1.29, 1.82) is 0 Å². The number of amides is 1. The van der Waals surface area contributed by atoms with Crippen LogP contribution in [-0.4, -0.2) is 36.5 Å². The van der Waals surface area contributed by atoms with Gasteiger partial charge in [-0.25, -0.2) is 0 Å². The van der Waals surface area contributed by atoms with Gasteiger partial charge in [0.1, 0.15) is 0 Å². The van der Waals surface area contributed by atoms with Crippen molar-refractivity contribution in [3.63, 3.8) is 0 Å². The molecule has 0 aliphatic carbocycles. The monoisotopic (exact) mass is 201 g/mol. The number of nitrogens with two attached hydrogens (primary N) is 2. The Morgan fingerprint density at radius 1 is 1.57 bits per heavy atom. The first-order valence-corrected chi connectivity index (χ1v) is 5.08. The number of primary amides is 1. The minimum absolute atomic E-state index is 0.0380. The van der Waals surface area contributed by atoms with E-state index in [-0.39, 0.29) is 17.4 Å². The lowest BCUT2D eigenvalue weighted by atomic mass is 9.95. The van der Waals surface area contributed by atoms with Gasteiger partial charge in [-0.2, -0.15) is 0 Å². The summed E-state index contributed by atoms with van der Waals surface area (Å²) in [5.41, 5.74) is 10.9. The second-order valence-electron chi connectivity index (χ2n) is 4.24. The second kappa shape index (κ2) is 5.32. The van der Waals surface area contributed by atoms with Gasteiger partial charge in [-0.15, -0.1) is 0 Å².